The van der Waals surface area contributed by atoms with Gasteiger partial charge in [-0.15, -0.1) is 0 Å². The summed E-state index contributed by atoms with van der Waals surface area (Å²) in [6, 6.07) is 10.1. The average Bonchev–Trinajstić information content (AvgIpc) is 3.37. The Labute approximate surface area is 155 Å². The van der Waals surface area contributed by atoms with E-state index >= 15 is 0 Å². The summed E-state index contributed by atoms with van der Waals surface area (Å²) in [5, 5.41) is 8.09. The van der Waals surface area contributed by atoms with E-state index in [9.17, 15) is 8.42 Å². The van der Waals surface area contributed by atoms with Crippen molar-refractivity contribution in [3.63, 3.8) is 0 Å². The third-order valence-corrected chi connectivity index (χ3v) is 8.97. The Morgan fingerprint density at radius 1 is 1.00 bits per heavy atom. The first-order valence-electron chi connectivity index (χ1n) is 8.27. The molecule has 3 nitrogen and oxygen atoms in total. The number of rotatable bonds is 3. The number of nitrogens with zero attached hydrogens (tertiary/aromatic N) is 1. The van der Waals surface area contributed by atoms with Gasteiger partial charge in [0, 0.05) is 25.6 Å². The Morgan fingerprint density at radius 3 is 2.60 bits per heavy atom. The molecule has 1 aromatic carbocycles. The van der Waals surface area contributed by atoms with Crippen LogP contribution in [-0.4, -0.2) is 31.7 Å². The van der Waals surface area contributed by atoms with Crippen molar-refractivity contribution in [2.24, 2.45) is 0 Å². The van der Waals surface area contributed by atoms with E-state index in [1.807, 2.05) is 12.1 Å². The fraction of sp³-hybridized carbons (Fsp3) is 0.263. The zero-order valence-electron chi connectivity index (χ0n) is 13.5. The van der Waals surface area contributed by atoms with Gasteiger partial charge in [0.05, 0.1) is 10.1 Å². The molecule has 2 aromatic heterocycles. The highest BCUT2D eigenvalue weighted by atomic mass is 32.2. The summed E-state index contributed by atoms with van der Waals surface area (Å²) in [5.74, 6) is 0.0946. The van der Waals surface area contributed by atoms with Crippen LogP contribution in [0.1, 0.15) is 17.0 Å². The van der Waals surface area contributed by atoms with Crippen molar-refractivity contribution in [2.75, 3.05) is 13.1 Å². The SMILES string of the molecule is O=S1(=O)c2ccc(-c3ccsc3)cc2[C@H]2CN(Cc3ccsc3)C[C@@H]21. The first-order chi connectivity index (χ1) is 12.1. The third kappa shape index (κ3) is 2.51. The number of hydrogen-bond donors (Lipinski definition) is 0. The van der Waals surface area contributed by atoms with Crippen molar-refractivity contribution < 1.29 is 8.42 Å². The molecule has 0 aliphatic carbocycles. The normalized spacial score (nSPS) is 24.3. The lowest BCUT2D eigenvalue weighted by Crippen LogP contribution is -2.25. The largest absolute Gasteiger partial charge is 0.297 e. The minimum atomic E-state index is -3.22. The van der Waals surface area contributed by atoms with Gasteiger partial charge in [0.15, 0.2) is 9.84 Å². The highest BCUT2D eigenvalue weighted by molar-refractivity contribution is 7.92. The third-order valence-electron chi connectivity index (χ3n) is 5.30. The van der Waals surface area contributed by atoms with Crippen molar-refractivity contribution in [1.29, 1.82) is 0 Å². The summed E-state index contributed by atoms with van der Waals surface area (Å²) < 4.78 is 26.0. The summed E-state index contributed by atoms with van der Waals surface area (Å²) in [4.78, 5) is 2.84. The second-order valence-corrected chi connectivity index (χ2v) is 10.5. The van der Waals surface area contributed by atoms with Gasteiger partial charge >= 0.3 is 0 Å². The molecular formula is C19H17NO2S3. The molecular weight excluding hydrogens is 370 g/mol. The summed E-state index contributed by atoms with van der Waals surface area (Å²) in [5.41, 5.74) is 4.57. The molecule has 25 heavy (non-hydrogen) atoms. The Bertz CT molecular complexity index is 1010. The molecule has 5 rings (SSSR count). The fourth-order valence-corrected chi connectivity index (χ4v) is 7.62. The Balaban J connectivity index is 1.51. The topological polar surface area (TPSA) is 37.4 Å². The monoisotopic (exact) mass is 387 g/mol. The molecule has 0 radical (unpaired) electrons. The first kappa shape index (κ1) is 15.8. The minimum Gasteiger partial charge on any atom is -0.297 e. The first-order valence-corrected chi connectivity index (χ1v) is 11.7. The standard InChI is InChI=1S/C19H17NO2S3/c21-25(22)18-2-1-14(15-4-6-24-12-15)7-16(18)17-9-20(10-19(17)25)8-13-3-5-23-11-13/h1-7,11-12,17,19H,8-10H2/t17-,19+/m1/s1. The lowest BCUT2D eigenvalue weighted by Gasteiger charge is -2.16. The van der Waals surface area contributed by atoms with Crippen molar-refractivity contribution in [3.8, 4) is 11.1 Å². The van der Waals surface area contributed by atoms with E-state index in [1.54, 1.807) is 22.7 Å². The van der Waals surface area contributed by atoms with E-state index in [0.29, 0.717) is 11.4 Å². The maximum Gasteiger partial charge on any atom is 0.183 e. The zero-order chi connectivity index (χ0) is 17.0. The van der Waals surface area contributed by atoms with Crippen LogP contribution in [0.2, 0.25) is 0 Å². The Kier molecular flexibility index (Phi) is 3.64. The van der Waals surface area contributed by atoms with E-state index in [-0.39, 0.29) is 11.2 Å². The number of sulfone groups is 1. The van der Waals surface area contributed by atoms with E-state index in [1.165, 1.54) is 11.1 Å². The molecule has 3 aromatic rings. The fourth-order valence-electron chi connectivity index (χ4n) is 4.10. The van der Waals surface area contributed by atoms with Crippen LogP contribution in [0.5, 0.6) is 0 Å². The number of thiophene rings is 2. The summed E-state index contributed by atoms with van der Waals surface area (Å²) in [6.45, 7) is 2.29. The minimum absolute atomic E-state index is 0.0946. The molecule has 0 bridgehead atoms. The zero-order valence-corrected chi connectivity index (χ0v) is 15.9. The van der Waals surface area contributed by atoms with Crippen LogP contribution in [-0.2, 0) is 16.4 Å². The predicted octanol–water partition coefficient (Wildman–Crippen LogP) is 4.23. The van der Waals surface area contributed by atoms with Crippen LogP contribution in [0.3, 0.4) is 0 Å². The van der Waals surface area contributed by atoms with E-state index in [2.05, 4.69) is 44.6 Å². The van der Waals surface area contributed by atoms with Gasteiger partial charge in [-0.25, -0.2) is 8.42 Å². The molecule has 128 valence electrons. The van der Waals surface area contributed by atoms with Gasteiger partial charge in [-0.3, -0.25) is 4.90 Å². The maximum atomic E-state index is 13.0. The van der Waals surface area contributed by atoms with Crippen LogP contribution in [0.25, 0.3) is 11.1 Å². The van der Waals surface area contributed by atoms with Gasteiger partial charge in [-0.1, -0.05) is 6.07 Å². The molecule has 0 spiro atoms. The molecule has 0 unspecified atom stereocenters. The second-order valence-electron chi connectivity index (χ2n) is 6.78. The molecule has 1 fully saturated rings. The molecule has 6 heteroatoms. The molecule has 4 heterocycles. The van der Waals surface area contributed by atoms with Crippen molar-refractivity contribution >= 4 is 32.5 Å². The Hall–Kier alpha value is -1.47. The molecule has 0 amide bonds. The highest BCUT2D eigenvalue weighted by Crippen LogP contribution is 2.46. The van der Waals surface area contributed by atoms with Gasteiger partial charge in [0.2, 0.25) is 0 Å². The van der Waals surface area contributed by atoms with Crippen molar-refractivity contribution in [3.05, 3.63) is 63.0 Å². The van der Waals surface area contributed by atoms with Gasteiger partial charge in [0.1, 0.15) is 0 Å². The summed E-state index contributed by atoms with van der Waals surface area (Å²) >= 11 is 3.35. The van der Waals surface area contributed by atoms with Crippen LogP contribution in [0.15, 0.2) is 56.7 Å². The smallest absolute Gasteiger partial charge is 0.183 e. The van der Waals surface area contributed by atoms with Crippen LogP contribution >= 0.6 is 22.7 Å². The summed E-state index contributed by atoms with van der Waals surface area (Å²) in [6.07, 6.45) is 0. The predicted molar refractivity (Wildman–Crippen MR) is 103 cm³/mol. The average molecular weight is 388 g/mol. The molecule has 0 saturated carbocycles. The van der Waals surface area contributed by atoms with Crippen LogP contribution in [0.4, 0.5) is 0 Å². The van der Waals surface area contributed by atoms with Crippen molar-refractivity contribution in [1.82, 2.24) is 4.90 Å². The van der Waals surface area contributed by atoms with Crippen molar-refractivity contribution in [2.45, 2.75) is 22.6 Å². The lowest BCUT2D eigenvalue weighted by atomic mass is 9.95. The maximum absolute atomic E-state index is 13.0. The molecule has 2 aliphatic heterocycles. The van der Waals surface area contributed by atoms with E-state index < -0.39 is 9.84 Å². The van der Waals surface area contributed by atoms with Gasteiger partial charge < -0.3 is 0 Å². The number of fused-ring (bicyclic) bond motifs is 3. The van der Waals surface area contributed by atoms with Crippen LogP contribution in [0, 0.1) is 0 Å². The van der Waals surface area contributed by atoms with E-state index in [4.69, 9.17) is 0 Å². The van der Waals surface area contributed by atoms with Gasteiger partial charge in [-0.05, 0) is 68.0 Å². The quantitative estimate of drug-likeness (QED) is 0.675. The van der Waals surface area contributed by atoms with E-state index in [0.717, 1.165) is 24.2 Å². The van der Waals surface area contributed by atoms with Gasteiger partial charge in [0.25, 0.3) is 0 Å². The van der Waals surface area contributed by atoms with Crippen LogP contribution < -0.4 is 0 Å². The number of likely N-dealkylation sites (tertiary alicyclic amines) is 1. The van der Waals surface area contributed by atoms with Gasteiger partial charge in [-0.2, -0.15) is 22.7 Å². The number of benzene rings is 1. The summed E-state index contributed by atoms with van der Waals surface area (Å²) in [7, 11) is -3.22. The molecule has 2 atom stereocenters. The Morgan fingerprint density at radius 2 is 1.84 bits per heavy atom. The lowest BCUT2D eigenvalue weighted by molar-refractivity contribution is 0.326. The highest BCUT2D eigenvalue weighted by Gasteiger charge is 2.50. The second kappa shape index (κ2) is 5.77. The molecule has 0 N–H and O–H groups in total. The number of hydrogen-bond acceptors (Lipinski definition) is 5. The molecule has 2 aliphatic rings. The molecule has 1 saturated heterocycles.